The van der Waals surface area contributed by atoms with Crippen LogP contribution >= 0.6 is 11.8 Å². The number of aryl methyl sites for hydroxylation is 1. The van der Waals surface area contributed by atoms with Crippen molar-refractivity contribution in [1.82, 2.24) is 4.98 Å². The lowest BCUT2D eigenvalue weighted by molar-refractivity contribution is -0.389. The number of benzene rings is 1. The van der Waals surface area contributed by atoms with E-state index in [1.165, 1.54) is 11.8 Å². The average molecular weight is 306 g/mol. The van der Waals surface area contributed by atoms with Crippen molar-refractivity contribution in [3.63, 3.8) is 0 Å². The Hall–Kier alpha value is -2.28. The third-order valence-corrected chi connectivity index (χ3v) is 3.94. The van der Waals surface area contributed by atoms with E-state index in [4.69, 9.17) is 4.74 Å². The fourth-order valence-corrected chi connectivity index (χ4v) is 2.90. The molecule has 0 spiro atoms. The molecule has 0 aliphatic carbocycles. The van der Waals surface area contributed by atoms with Crippen molar-refractivity contribution in [2.24, 2.45) is 0 Å². The molecule has 1 heterocycles. The number of methoxy groups -OCH3 is 1. The zero-order valence-electron chi connectivity index (χ0n) is 11.6. The maximum atomic E-state index is 11.7. The summed E-state index contributed by atoms with van der Waals surface area (Å²) in [6.07, 6.45) is 0. The van der Waals surface area contributed by atoms with Gasteiger partial charge in [-0.1, -0.05) is 12.1 Å². The van der Waals surface area contributed by atoms with Crippen LogP contribution in [0.5, 0.6) is 5.75 Å². The number of nitrogens with one attached hydrogen (secondary N) is 1. The largest absolute Gasteiger partial charge is 0.497 e. The molecule has 1 N–H and O–H groups in total. The summed E-state index contributed by atoms with van der Waals surface area (Å²) in [5.74, 6) is 1.29. The van der Waals surface area contributed by atoms with Crippen LogP contribution in [0.2, 0.25) is 0 Å². The SMILES string of the molecule is COc1ccc(CSc2cc(C)[nH]c(=O)c2[N+](=O)[O-])cc1. The van der Waals surface area contributed by atoms with E-state index < -0.39 is 16.2 Å². The van der Waals surface area contributed by atoms with E-state index in [-0.39, 0.29) is 0 Å². The first-order valence-electron chi connectivity index (χ1n) is 6.15. The molecule has 0 amide bonds. The van der Waals surface area contributed by atoms with Crippen LogP contribution < -0.4 is 10.3 Å². The Morgan fingerprint density at radius 2 is 2.00 bits per heavy atom. The van der Waals surface area contributed by atoms with Gasteiger partial charge in [0.2, 0.25) is 0 Å². The molecule has 1 aromatic carbocycles. The molecule has 0 saturated heterocycles. The number of aromatic nitrogens is 1. The van der Waals surface area contributed by atoms with Crippen LogP contribution in [0.4, 0.5) is 5.69 Å². The van der Waals surface area contributed by atoms with E-state index in [1.54, 1.807) is 20.1 Å². The molecule has 0 aliphatic rings. The van der Waals surface area contributed by atoms with Gasteiger partial charge >= 0.3 is 11.2 Å². The molecule has 0 fully saturated rings. The minimum absolute atomic E-state index is 0.372. The summed E-state index contributed by atoms with van der Waals surface area (Å²) in [5.41, 5.74) is 0.521. The summed E-state index contributed by atoms with van der Waals surface area (Å²) >= 11 is 1.27. The van der Waals surface area contributed by atoms with Crippen LogP contribution in [0.15, 0.2) is 40.0 Å². The van der Waals surface area contributed by atoms with E-state index in [0.29, 0.717) is 16.3 Å². The van der Waals surface area contributed by atoms with Crippen molar-refractivity contribution in [2.75, 3.05) is 7.11 Å². The molecule has 2 rings (SSSR count). The number of nitro groups is 1. The maximum Gasteiger partial charge on any atom is 0.347 e. The Kier molecular flexibility index (Phi) is 4.64. The first-order valence-corrected chi connectivity index (χ1v) is 7.14. The third kappa shape index (κ3) is 3.63. The molecule has 110 valence electrons. The van der Waals surface area contributed by atoms with Crippen LogP contribution in [0.25, 0.3) is 0 Å². The van der Waals surface area contributed by atoms with Gasteiger partial charge in [0.25, 0.3) is 0 Å². The summed E-state index contributed by atoms with van der Waals surface area (Å²) in [6, 6.07) is 9.05. The van der Waals surface area contributed by atoms with E-state index in [1.807, 2.05) is 24.3 Å². The number of pyridine rings is 1. The molecule has 7 heteroatoms. The molecular weight excluding hydrogens is 292 g/mol. The van der Waals surface area contributed by atoms with Crippen LogP contribution in [-0.2, 0) is 5.75 Å². The molecule has 0 saturated carbocycles. The Morgan fingerprint density at radius 3 is 2.57 bits per heavy atom. The molecule has 6 nitrogen and oxygen atoms in total. The lowest BCUT2D eigenvalue weighted by Gasteiger charge is -2.05. The van der Waals surface area contributed by atoms with Gasteiger partial charge in [-0.15, -0.1) is 11.8 Å². The summed E-state index contributed by atoms with van der Waals surface area (Å²) < 4.78 is 5.07. The number of rotatable bonds is 5. The van der Waals surface area contributed by atoms with Gasteiger partial charge in [-0.25, -0.2) is 0 Å². The standard InChI is InChI=1S/C14H14N2O4S/c1-9-7-12(13(16(18)19)14(17)15-9)21-8-10-3-5-11(20-2)6-4-10/h3-7H,8H2,1-2H3,(H,15,17). The van der Waals surface area contributed by atoms with E-state index in [0.717, 1.165) is 11.3 Å². The van der Waals surface area contributed by atoms with E-state index in [9.17, 15) is 14.9 Å². The van der Waals surface area contributed by atoms with Gasteiger partial charge in [-0.3, -0.25) is 14.9 Å². The summed E-state index contributed by atoms with van der Waals surface area (Å²) in [5, 5.41) is 11.0. The second-order valence-electron chi connectivity index (χ2n) is 4.39. The monoisotopic (exact) mass is 306 g/mol. The number of hydrogen-bond acceptors (Lipinski definition) is 5. The molecule has 0 radical (unpaired) electrons. The fraction of sp³-hybridized carbons (Fsp3) is 0.214. The van der Waals surface area contributed by atoms with Crippen LogP contribution in [0.1, 0.15) is 11.3 Å². The van der Waals surface area contributed by atoms with Gasteiger partial charge in [-0.05, 0) is 30.7 Å². The number of ether oxygens (including phenoxy) is 1. The third-order valence-electron chi connectivity index (χ3n) is 2.84. The second kappa shape index (κ2) is 6.45. The Balaban J connectivity index is 2.22. The minimum atomic E-state index is -0.669. The molecule has 1 aromatic heterocycles. The van der Waals surface area contributed by atoms with E-state index in [2.05, 4.69) is 4.98 Å². The number of nitrogens with zero attached hydrogens (tertiary/aromatic N) is 1. The van der Waals surface area contributed by atoms with Gasteiger partial charge < -0.3 is 9.72 Å². The van der Waals surface area contributed by atoms with Crippen LogP contribution in [0, 0.1) is 17.0 Å². The highest BCUT2D eigenvalue weighted by Crippen LogP contribution is 2.29. The van der Waals surface area contributed by atoms with Crippen LogP contribution in [0.3, 0.4) is 0 Å². The summed E-state index contributed by atoms with van der Waals surface area (Å²) in [6.45, 7) is 1.70. The van der Waals surface area contributed by atoms with Gasteiger partial charge in [0, 0.05) is 11.4 Å². The quantitative estimate of drug-likeness (QED) is 0.521. The van der Waals surface area contributed by atoms with E-state index >= 15 is 0 Å². The molecule has 2 aromatic rings. The Labute approximate surface area is 125 Å². The Bertz CT molecular complexity index is 710. The molecule has 21 heavy (non-hydrogen) atoms. The molecule has 0 bridgehead atoms. The van der Waals surface area contributed by atoms with Crippen LogP contribution in [-0.4, -0.2) is 17.0 Å². The first kappa shape index (κ1) is 15.1. The first-order chi connectivity index (χ1) is 10.0. The van der Waals surface area contributed by atoms with Gasteiger partial charge in [0.1, 0.15) is 5.75 Å². The fourth-order valence-electron chi connectivity index (χ4n) is 1.82. The number of aromatic amines is 1. The summed E-state index contributed by atoms with van der Waals surface area (Å²) in [4.78, 5) is 24.8. The Morgan fingerprint density at radius 1 is 1.33 bits per heavy atom. The van der Waals surface area contributed by atoms with Crippen molar-refractivity contribution in [3.05, 3.63) is 62.1 Å². The molecule has 0 atom stereocenters. The predicted octanol–water partition coefficient (Wildman–Crippen LogP) is 2.89. The molecule has 0 unspecified atom stereocenters. The van der Waals surface area contributed by atoms with Gasteiger partial charge in [0.15, 0.2) is 0 Å². The van der Waals surface area contributed by atoms with Gasteiger partial charge in [0.05, 0.1) is 16.9 Å². The summed E-state index contributed by atoms with van der Waals surface area (Å²) in [7, 11) is 1.59. The highest BCUT2D eigenvalue weighted by Gasteiger charge is 2.20. The minimum Gasteiger partial charge on any atom is -0.497 e. The predicted molar refractivity (Wildman–Crippen MR) is 81.0 cm³/mol. The number of hydrogen-bond donors (Lipinski definition) is 1. The molecule has 0 aliphatic heterocycles. The van der Waals surface area contributed by atoms with Gasteiger partial charge in [-0.2, -0.15) is 0 Å². The maximum absolute atomic E-state index is 11.7. The zero-order chi connectivity index (χ0) is 15.4. The zero-order valence-corrected chi connectivity index (χ0v) is 12.4. The normalized spacial score (nSPS) is 10.4. The lowest BCUT2D eigenvalue weighted by Crippen LogP contribution is -2.13. The van der Waals surface area contributed by atoms with Crippen molar-refractivity contribution >= 4 is 17.4 Å². The molecular formula is C14H14N2O4S. The van der Waals surface area contributed by atoms with Crippen molar-refractivity contribution in [2.45, 2.75) is 17.6 Å². The second-order valence-corrected chi connectivity index (χ2v) is 5.41. The number of thioether (sulfide) groups is 1. The highest BCUT2D eigenvalue weighted by molar-refractivity contribution is 7.98. The average Bonchev–Trinajstić information content (AvgIpc) is 2.44. The van der Waals surface area contributed by atoms with Crippen molar-refractivity contribution in [1.29, 1.82) is 0 Å². The smallest absolute Gasteiger partial charge is 0.347 e. The highest BCUT2D eigenvalue weighted by atomic mass is 32.2. The topological polar surface area (TPSA) is 85.2 Å². The van der Waals surface area contributed by atoms with Crippen molar-refractivity contribution < 1.29 is 9.66 Å². The van der Waals surface area contributed by atoms with Crippen molar-refractivity contribution in [3.8, 4) is 5.75 Å². The number of H-pyrrole nitrogens is 1. The lowest BCUT2D eigenvalue weighted by atomic mass is 10.2.